The van der Waals surface area contributed by atoms with E-state index in [1.165, 1.54) is 0 Å². The fourth-order valence-corrected chi connectivity index (χ4v) is 2.10. The molecule has 21 heavy (non-hydrogen) atoms. The molecule has 112 valence electrons. The van der Waals surface area contributed by atoms with Crippen LogP contribution in [-0.4, -0.2) is 22.8 Å². The standard InChI is InChI=1S/C16H19NO4/c1-5-20-11-8-6-7-10(9-11)13-12(15(18)19)14(21-17-13)16(2,3)4/h6-9H,5H2,1-4H3,(H,18,19). The van der Waals surface area contributed by atoms with Crippen LogP contribution < -0.4 is 4.74 Å². The van der Waals surface area contributed by atoms with E-state index in [0.29, 0.717) is 29.4 Å². The Kier molecular flexibility index (Phi) is 4.02. The second kappa shape index (κ2) is 5.60. The van der Waals surface area contributed by atoms with Crippen LogP contribution in [-0.2, 0) is 5.41 Å². The van der Waals surface area contributed by atoms with Gasteiger partial charge in [0.15, 0.2) is 5.76 Å². The number of aromatic nitrogens is 1. The van der Waals surface area contributed by atoms with Crippen LogP contribution in [0.2, 0.25) is 0 Å². The third-order valence-electron chi connectivity index (χ3n) is 3.01. The second-order valence-corrected chi connectivity index (χ2v) is 5.75. The Hall–Kier alpha value is -2.30. The molecule has 0 aliphatic carbocycles. The van der Waals surface area contributed by atoms with E-state index < -0.39 is 11.4 Å². The average Bonchev–Trinajstić information content (AvgIpc) is 2.84. The van der Waals surface area contributed by atoms with Crippen molar-refractivity contribution in [3.05, 3.63) is 35.6 Å². The van der Waals surface area contributed by atoms with Crippen LogP contribution in [0.4, 0.5) is 0 Å². The van der Waals surface area contributed by atoms with Crippen LogP contribution in [0.3, 0.4) is 0 Å². The fourth-order valence-electron chi connectivity index (χ4n) is 2.10. The molecule has 0 atom stereocenters. The van der Waals surface area contributed by atoms with E-state index in [1.54, 1.807) is 18.2 Å². The van der Waals surface area contributed by atoms with Crippen molar-refractivity contribution in [3.63, 3.8) is 0 Å². The number of aromatic carboxylic acids is 1. The van der Waals surface area contributed by atoms with Crippen molar-refractivity contribution in [2.45, 2.75) is 33.1 Å². The average molecular weight is 289 g/mol. The summed E-state index contributed by atoms with van der Waals surface area (Å²) in [5, 5.41) is 13.5. The lowest BCUT2D eigenvalue weighted by molar-refractivity contribution is 0.0692. The van der Waals surface area contributed by atoms with Crippen LogP contribution in [0, 0.1) is 0 Å². The molecule has 1 N–H and O–H groups in total. The molecule has 0 fully saturated rings. The minimum absolute atomic E-state index is 0.108. The first-order valence-corrected chi connectivity index (χ1v) is 6.81. The molecule has 1 aromatic heterocycles. The summed E-state index contributed by atoms with van der Waals surface area (Å²) in [5.74, 6) is -0.00329. The van der Waals surface area contributed by atoms with E-state index in [-0.39, 0.29) is 5.56 Å². The van der Waals surface area contributed by atoms with Gasteiger partial charge in [-0.3, -0.25) is 0 Å². The quantitative estimate of drug-likeness (QED) is 0.928. The summed E-state index contributed by atoms with van der Waals surface area (Å²) in [4.78, 5) is 11.6. The number of carboxylic acids is 1. The zero-order chi connectivity index (χ0) is 15.6. The van der Waals surface area contributed by atoms with Crippen molar-refractivity contribution in [2.75, 3.05) is 6.61 Å². The summed E-state index contributed by atoms with van der Waals surface area (Å²) >= 11 is 0. The van der Waals surface area contributed by atoms with Crippen LogP contribution >= 0.6 is 0 Å². The molecule has 0 radical (unpaired) electrons. The third-order valence-corrected chi connectivity index (χ3v) is 3.01. The van der Waals surface area contributed by atoms with Gasteiger partial charge >= 0.3 is 5.97 Å². The normalized spacial score (nSPS) is 11.4. The molecule has 0 amide bonds. The van der Waals surface area contributed by atoms with Crippen LogP contribution in [0.1, 0.15) is 43.8 Å². The molecular weight excluding hydrogens is 270 g/mol. The minimum atomic E-state index is -1.04. The van der Waals surface area contributed by atoms with Gasteiger partial charge in [0.1, 0.15) is 17.0 Å². The molecule has 2 rings (SSSR count). The zero-order valence-electron chi connectivity index (χ0n) is 12.6. The van der Waals surface area contributed by atoms with Gasteiger partial charge in [0, 0.05) is 11.0 Å². The molecular formula is C16H19NO4. The van der Waals surface area contributed by atoms with Crippen molar-refractivity contribution < 1.29 is 19.2 Å². The first-order chi connectivity index (χ1) is 9.84. The first kappa shape index (κ1) is 15.1. The van der Waals surface area contributed by atoms with Crippen LogP contribution in [0.25, 0.3) is 11.3 Å². The number of ether oxygens (including phenoxy) is 1. The maximum atomic E-state index is 11.6. The Morgan fingerprint density at radius 2 is 2.10 bits per heavy atom. The highest BCUT2D eigenvalue weighted by molar-refractivity contribution is 5.96. The monoisotopic (exact) mass is 289 g/mol. The number of carboxylic acid groups (broad SMARTS) is 1. The SMILES string of the molecule is CCOc1cccc(-c2noc(C(C)(C)C)c2C(=O)O)c1. The van der Waals surface area contributed by atoms with Crippen molar-refractivity contribution in [1.82, 2.24) is 5.16 Å². The summed E-state index contributed by atoms with van der Waals surface area (Å²) in [6.07, 6.45) is 0. The Morgan fingerprint density at radius 3 is 2.67 bits per heavy atom. The van der Waals surface area contributed by atoms with Gasteiger partial charge in [-0.15, -0.1) is 0 Å². The topological polar surface area (TPSA) is 72.6 Å². The van der Waals surface area contributed by atoms with Gasteiger partial charge in [-0.2, -0.15) is 0 Å². The van der Waals surface area contributed by atoms with E-state index in [0.717, 1.165) is 0 Å². The van der Waals surface area contributed by atoms with E-state index in [9.17, 15) is 9.90 Å². The first-order valence-electron chi connectivity index (χ1n) is 6.81. The van der Waals surface area contributed by atoms with Crippen LogP contribution in [0.5, 0.6) is 5.75 Å². The lowest BCUT2D eigenvalue weighted by Crippen LogP contribution is -2.15. The molecule has 5 nitrogen and oxygen atoms in total. The van der Waals surface area contributed by atoms with E-state index in [1.807, 2.05) is 33.8 Å². The van der Waals surface area contributed by atoms with E-state index in [4.69, 9.17) is 9.26 Å². The highest BCUT2D eigenvalue weighted by Gasteiger charge is 2.31. The third kappa shape index (κ3) is 3.07. The van der Waals surface area contributed by atoms with Gasteiger partial charge in [0.2, 0.25) is 0 Å². The van der Waals surface area contributed by atoms with E-state index >= 15 is 0 Å². The summed E-state index contributed by atoms with van der Waals surface area (Å²) < 4.78 is 10.7. The molecule has 0 unspecified atom stereocenters. The number of carbonyl (C=O) groups is 1. The lowest BCUT2D eigenvalue weighted by Gasteiger charge is -2.14. The van der Waals surface area contributed by atoms with Crippen molar-refractivity contribution in [2.24, 2.45) is 0 Å². The zero-order valence-corrected chi connectivity index (χ0v) is 12.6. The van der Waals surface area contributed by atoms with Crippen molar-refractivity contribution in [1.29, 1.82) is 0 Å². The molecule has 0 aliphatic heterocycles. The molecule has 0 aliphatic rings. The second-order valence-electron chi connectivity index (χ2n) is 5.75. The Morgan fingerprint density at radius 1 is 1.38 bits per heavy atom. The maximum absolute atomic E-state index is 11.6. The Bertz CT molecular complexity index is 653. The van der Waals surface area contributed by atoms with Gasteiger partial charge in [-0.05, 0) is 19.1 Å². The van der Waals surface area contributed by atoms with Gasteiger partial charge in [-0.1, -0.05) is 38.1 Å². The highest BCUT2D eigenvalue weighted by Crippen LogP contribution is 2.34. The molecule has 0 saturated carbocycles. The number of hydrogen-bond acceptors (Lipinski definition) is 4. The van der Waals surface area contributed by atoms with Gasteiger partial charge in [0.05, 0.1) is 6.61 Å². The number of rotatable bonds is 4. The smallest absolute Gasteiger partial charge is 0.341 e. The van der Waals surface area contributed by atoms with Crippen molar-refractivity contribution >= 4 is 5.97 Å². The fraction of sp³-hybridized carbons (Fsp3) is 0.375. The van der Waals surface area contributed by atoms with Crippen LogP contribution in [0.15, 0.2) is 28.8 Å². The van der Waals surface area contributed by atoms with Crippen molar-refractivity contribution in [3.8, 4) is 17.0 Å². The predicted octanol–water partition coefficient (Wildman–Crippen LogP) is 3.74. The highest BCUT2D eigenvalue weighted by atomic mass is 16.5. The largest absolute Gasteiger partial charge is 0.494 e. The number of benzene rings is 1. The number of nitrogens with zero attached hydrogens (tertiary/aromatic N) is 1. The molecule has 1 aromatic carbocycles. The minimum Gasteiger partial charge on any atom is -0.494 e. The molecule has 5 heteroatoms. The molecule has 0 bridgehead atoms. The van der Waals surface area contributed by atoms with Gasteiger partial charge in [-0.25, -0.2) is 4.79 Å². The molecule has 1 heterocycles. The molecule has 0 spiro atoms. The lowest BCUT2D eigenvalue weighted by atomic mass is 9.89. The Balaban J connectivity index is 2.57. The summed E-state index contributed by atoms with van der Waals surface area (Å²) in [6, 6.07) is 7.18. The molecule has 0 saturated heterocycles. The number of hydrogen-bond donors (Lipinski definition) is 1. The van der Waals surface area contributed by atoms with Gasteiger partial charge < -0.3 is 14.4 Å². The van der Waals surface area contributed by atoms with Gasteiger partial charge in [0.25, 0.3) is 0 Å². The van der Waals surface area contributed by atoms with E-state index in [2.05, 4.69) is 5.16 Å². The maximum Gasteiger partial charge on any atom is 0.341 e. The molecule has 2 aromatic rings. The predicted molar refractivity (Wildman–Crippen MR) is 78.8 cm³/mol. The Labute approximate surface area is 123 Å². The summed E-state index contributed by atoms with van der Waals surface area (Å²) in [5.41, 5.74) is 0.666. The summed E-state index contributed by atoms with van der Waals surface area (Å²) in [6.45, 7) is 8.10. The summed E-state index contributed by atoms with van der Waals surface area (Å²) in [7, 11) is 0.